The summed E-state index contributed by atoms with van der Waals surface area (Å²) in [6, 6.07) is 8.88. The van der Waals surface area contributed by atoms with Crippen molar-refractivity contribution in [2.75, 3.05) is 6.61 Å². The monoisotopic (exact) mass is 378 g/mol. The van der Waals surface area contributed by atoms with E-state index in [1.807, 2.05) is 6.07 Å². The molecule has 0 spiro atoms. The summed E-state index contributed by atoms with van der Waals surface area (Å²) in [5, 5.41) is 8.72. The summed E-state index contributed by atoms with van der Waals surface area (Å²) in [7, 11) is 0. The van der Waals surface area contributed by atoms with Gasteiger partial charge in [-0.2, -0.15) is 0 Å². The molecule has 1 heterocycles. The summed E-state index contributed by atoms with van der Waals surface area (Å²) >= 11 is 0. The van der Waals surface area contributed by atoms with Gasteiger partial charge in [0.1, 0.15) is 0 Å². The topological polar surface area (TPSA) is 82.1 Å². The molecule has 0 amide bonds. The van der Waals surface area contributed by atoms with Gasteiger partial charge in [-0.25, -0.2) is 4.79 Å². The van der Waals surface area contributed by atoms with Gasteiger partial charge in [0.25, 0.3) is 0 Å². The summed E-state index contributed by atoms with van der Waals surface area (Å²) in [6.45, 7) is 6.59. The molecule has 150 valence electrons. The SMILES string of the molecule is CCC1OC(OCCCCC(=O)O)C(OC(=O)c2ccccc2)C(C)C1C. The van der Waals surface area contributed by atoms with Gasteiger partial charge in [-0.05, 0) is 37.3 Å². The maximum absolute atomic E-state index is 12.5. The fourth-order valence-corrected chi connectivity index (χ4v) is 3.37. The van der Waals surface area contributed by atoms with E-state index in [2.05, 4.69) is 20.8 Å². The lowest BCUT2D eigenvalue weighted by molar-refractivity contribution is -0.269. The van der Waals surface area contributed by atoms with Crippen LogP contribution in [0.2, 0.25) is 0 Å². The van der Waals surface area contributed by atoms with Crippen LogP contribution in [0.15, 0.2) is 30.3 Å². The van der Waals surface area contributed by atoms with Crippen molar-refractivity contribution in [2.45, 2.75) is 65.0 Å². The van der Waals surface area contributed by atoms with Crippen LogP contribution in [0.1, 0.15) is 56.8 Å². The fourth-order valence-electron chi connectivity index (χ4n) is 3.37. The zero-order valence-electron chi connectivity index (χ0n) is 16.3. The number of carbonyl (C=O) groups is 2. The Morgan fingerprint density at radius 1 is 1.11 bits per heavy atom. The van der Waals surface area contributed by atoms with E-state index in [1.165, 1.54) is 0 Å². The van der Waals surface area contributed by atoms with E-state index >= 15 is 0 Å². The standard InChI is InChI=1S/C21H30O6/c1-4-17-14(2)15(3)19(27-20(24)16-10-6-5-7-11-16)21(26-17)25-13-9-8-12-18(22)23/h5-7,10-11,14-15,17,19,21H,4,8-9,12-13H2,1-3H3,(H,22,23). The minimum Gasteiger partial charge on any atom is -0.481 e. The highest BCUT2D eigenvalue weighted by atomic mass is 16.7. The second-order valence-corrected chi connectivity index (χ2v) is 7.13. The Bertz CT molecular complexity index is 602. The van der Waals surface area contributed by atoms with Gasteiger partial charge in [-0.3, -0.25) is 4.79 Å². The van der Waals surface area contributed by atoms with Crippen LogP contribution in [0.4, 0.5) is 0 Å². The van der Waals surface area contributed by atoms with E-state index in [9.17, 15) is 9.59 Å². The van der Waals surface area contributed by atoms with Gasteiger partial charge in [0.15, 0.2) is 12.4 Å². The number of carboxylic acids is 1. The third kappa shape index (κ3) is 6.04. The molecule has 2 rings (SSSR count). The van der Waals surface area contributed by atoms with Crippen LogP contribution in [0.5, 0.6) is 0 Å². The van der Waals surface area contributed by atoms with E-state index in [0.29, 0.717) is 25.0 Å². The molecular formula is C21H30O6. The van der Waals surface area contributed by atoms with E-state index in [1.54, 1.807) is 24.3 Å². The third-order valence-electron chi connectivity index (χ3n) is 5.23. The van der Waals surface area contributed by atoms with Gasteiger partial charge in [-0.15, -0.1) is 0 Å². The molecule has 1 aliphatic heterocycles. The molecule has 1 aliphatic rings. The van der Waals surface area contributed by atoms with Crippen LogP contribution in [0, 0.1) is 11.8 Å². The number of rotatable bonds is 9. The lowest BCUT2D eigenvalue weighted by atomic mass is 9.82. The zero-order chi connectivity index (χ0) is 19.8. The van der Waals surface area contributed by atoms with Crippen LogP contribution >= 0.6 is 0 Å². The first-order chi connectivity index (χ1) is 12.9. The molecule has 0 saturated carbocycles. The smallest absolute Gasteiger partial charge is 0.338 e. The first kappa shape index (κ1) is 21.4. The van der Waals surface area contributed by atoms with Crippen LogP contribution in [-0.2, 0) is 19.0 Å². The number of benzene rings is 1. The number of carboxylic acid groups (broad SMARTS) is 1. The number of carbonyl (C=O) groups excluding carboxylic acids is 1. The van der Waals surface area contributed by atoms with E-state index in [-0.39, 0.29) is 24.4 Å². The van der Waals surface area contributed by atoms with Crippen molar-refractivity contribution in [3.05, 3.63) is 35.9 Å². The number of esters is 1. The van der Waals surface area contributed by atoms with Crippen molar-refractivity contribution in [3.63, 3.8) is 0 Å². The number of aliphatic carboxylic acids is 1. The molecule has 1 aromatic rings. The second kappa shape index (κ2) is 10.4. The Labute approximate surface area is 160 Å². The third-order valence-corrected chi connectivity index (χ3v) is 5.23. The summed E-state index contributed by atoms with van der Waals surface area (Å²) in [5.41, 5.74) is 0.496. The highest BCUT2D eigenvalue weighted by Crippen LogP contribution is 2.35. The van der Waals surface area contributed by atoms with Crippen LogP contribution in [-0.4, -0.2) is 42.1 Å². The molecule has 27 heavy (non-hydrogen) atoms. The number of unbranched alkanes of at least 4 members (excludes halogenated alkanes) is 1. The highest BCUT2D eigenvalue weighted by molar-refractivity contribution is 5.89. The summed E-state index contributed by atoms with van der Waals surface area (Å²) in [5.74, 6) is -0.888. The first-order valence-corrected chi connectivity index (χ1v) is 9.69. The fraction of sp³-hybridized carbons (Fsp3) is 0.619. The zero-order valence-corrected chi connectivity index (χ0v) is 16.3. The van der Waals surface area contributed by atoms with Gasteiger partial charge in [0, 0.05) is 18.9 Å². The van der Waals surface area contributed by atoms with Gasteiger partial charge in [0.2, 0.25) is 0 Å². The molecular weight excluding hydrogens is 348 g/mol. The van der Waals surface area contributed by atoms with E-state index in [0.717, 1.165) is 6.42 Å². The first-order valence-electron chi connectivity index (χ1n) is 9.69. The normalized spacial score (nSPS) is 27.9. The lowest BCUT2D eigenvalue weighted by Gasteiger charge is -2.43. The molecule has 0 radical (unpaired) electrons. The molecule has 6 heteroatoms. The average molecular weight is 378 g/mol. The van der Waals surface area contributed by atoms with Gasteiger partial charge >= 0.3 is 11.9 Å². The molecule has 5 unspecified atom stereocenters. The molecule has 1 aromatic carbocycles. The largest absolute Gasteiger partial charge is 0.481 e. The summed E-state index contributed by atoms with van der Waals surface area (Å²) < 4.78 is 17.7. The molecule has 5 atom stereocenters. The second-order valence-electron chi connectivity index (χ2n) is 7.13. The molecule has 1 saturated heterocycles. The van der Waals surface area contributed by atoms with Crippen molar-refractivity contribution >= 4 is 11.9 Å². The molecule has 0 aliphatic carbocycles. The van der Waals surface area contributed by atoms with E-state index in [4.69, 9.17) is 19.3 Å². The van der Waals surface area contributed by atoms with Crippen LogP contribution < -0.4 is 0 Å². The number of hydrogen-bond donors (Lipinski definition) is 1. The van der Waals surface area contributed by atoms with Crippen molar-refractivity contribution in [1.82, 2.24) is 0 Å². The maximum Gasteiger partial charge on any atom is 0.338 e. The minimum absolute atomic E-state index is 0.0377. The summed E-state index contributed by atoms with van der Waals surface area (Å²) in [6.07, 6.45) is 1.02. The maximum atomic E-state index is 12.5. The Balaban J connectivity index is 2.01. The highest BCUT2D eigenvalue weighted by Gasteiger charge is 2.43. The lowest BCUT2D eigenvalue weighted by Crippen LogP contribution is -2.52. The quantitative estimate of drug-likeness (QED) is 0.518. The van der Waals surface area contributed by atoms with Crippen molar-refractivity contribution in [2.24, 2.45) is 11.8 Å². The summed E-state index contributed by atoms with van der Waals surface area (Å²) in [4.78, 5) is 23.1. The predicted molar refractivity (Wildman–Crippen MR) is 100 cm³/mol. The average Bonchev–Trinajstić information content (AvgIpc) is 2.67. The predicted octanol–water partition coefficient (Wildman–Crippen LogP) is 3.89. The van der Waals surface area contributed by atoms with Crippen molar-refractivity contribution in [1.29, 1.82) is 0 Å². The van der Waals surface area contributed by atoms with Crippen molar-refractivity contribution < 1.29 is 28.9 Å². The molecule has 1 fully saturated rings. The van der Waals surface area contributed by atoms with Crippen LogP contribution in [0.25, 0.3) is 0 Å². The Morgan fingerprint density at radius 2 is 1.81 bits per heavy atom. The Morgan fingerprint density at radius 3 is 2.44 bits per heavy atom. The number of ether oxygens (including phenoxy) is 3. The van der Waals surface area contributed by atoms with Crippen LogP contribution in [0.3, 0.4) is 0 Å². The minimum atomic E-state index is -0.813. The number of hydrogen-bond acceptors (Lipinski definition) is 5. The van der Waals surface area contributed by atoms with Gasteiger partial charge < -0.3 is 19.3 Å². The Kier molecular flexibility index (Phi) is 8.25. The van der Waals surface area contributed by atoms with E-state index < -0.39 is 24.3 Å². The van der Waals surface area contributed by atoms with Gasteiger partial charge in [0.05, 0.1) is 11.7 Å². The molecule has 0 bridgehead atoms. The Hall–Kier alpha value is -1.92. The molecule has 1 N–H and O–H groups in total. The van der Waals surface area contributed by atoms with Crippen molar-refractivity contribution in [3.8, 4) is 0 Å². The van der Waals surface area contributed by atoms with Gasteiger partial charge in [-0.1, -0.05) is 39.0 Å². The molecule has 6 nitrogen and oxygen atoms in total. The molecule has 0 aromatic heterocycles.